The van der Waals surface area contributed by atoms with Crippen molar-refractivity contribution in [1.82, 2.24) is 4.90 Å². The second-order valence-electron chi connectivity index (χ2n) is 6.08. The Hall–Kier alpha value is -0.540. The zero-order valence-corrected chi connectivity index (χ0v) is 13.8. The Labute approximate surface area is 131 Å². The molecule has 0 aromatic heterocycles. The van der Waals surface area contributed by atoms with Gasteiger partial charge in [-0.25, -0.2) is 0 Å². The topological polar surface area (TPSA) is 6.48 Å². The van der Waals surface area contributed by atoms with Crippen molar-refractivity contribution in [1.29, 1.82) is 0 Å². The van der Waals surface area contributed by atoms with Crippen LogP contribution >= 0.6 is 15.9 Å². The van der Waals surface area contributed by atoms with Crippen LogP contribution in [0, 0.1) is 0 Å². The van der Waals surface area contributed by atoms with Gasteiger partial charge in [0.15, 0.2) is 0 Å². The Morgan fingerprint density at radius 1 is 0.950 bits per heavy atom. The van der Waals surface area contributed by atoms with Gasteiger partial charge in [0.25, 0.3) is 0 Å². The van der Waals surface area contributed by atoms with Crippen LogP contribution in [0.25, 0.3) is 0 Å². The lowest BCUT2D eigenvalue weighted by Gasteiger charge is -2.41. The molecule has 3 rings (SSSR count). The second-order valence-corrected chi connectivity index (χ2v) is 6.64. The third-order valence-corrected chi connectivity index (χ3v) is 5.45. The molecule has 0 saturated carbocycles. The lowest BCUT2D eigenvalue weighted by molar-refractivity contribution is 0.141. The molecule has 0 N–H and O–H groups in total. The summed E-state index contributed by atoms with van der Waals surface area (Å²) in [5.41, 5.74) is 2.85. The van der Waals surface area contributed by atoms with Crippen LogP contribution < -0.4 is 4.90 Å². The van der Waals surface area contributed by atoms with E-state index in [0.717, 1.165) is 11.4 Å². The highest BCUT2D eigenvalue weighted by Gasteiger charge is 2.26. The van der Waals surface area contributed by atoms with Crippen molar-refractivity contribution in [2.24, 2.45) is 0 Å². The van der Waals surface area contributed by atoms with Crippen molar-refractivity contribution in [3.63, 3.8) is 0 Å². The van der Waals surface area contributed by atoms with Crippen LogP contribution in [-0.2, 0) is 5.33 Å². The van der Waals surface area contributed by atoms with E-state index < -0.39 is 0 Å². The molecule has 2 heterocycles. The number of likely N-dealkylation sites (tertiary alicyclic amines) is 1. The lowest BCUT2D eigenvalue weighted by atomic mass is 9.99. The molecular weight excluding hydrogens is 312 g/mol. The summed E-state index contributed by atoms with van der Waals surface area (Å²) in [6.45, 7) is 5.10. The molecule has 0 unspecified atom stereocenters. The second kappa shape index (κ2) is 6.95. The average Bonchev–Trinajstić information content (AvgIpc) is 2.56. The minimum atomic E-state index is 0.836. The summed E-state index contributed by atoms with van der Waals surface area (Å²) in [5, 5.41) is 0.954. The van der Waals surface area contributed by atoms with Gasteiger partial charge in [-0.05, 0) is 50.4 Å². The molecule has 1 aromatic rings. The predicted molar refractivity (Wildman–Crippen MR) is 89.7 cm³/mol. The van der Waals surface area contributed by atoms with Gasteiger partial charge in [-0.15, -0.1) is 0 Å². The van der Waals surface area contributed by atoms with E-state index in [0.29, 0.717) is 0 Å². The third-order valence-electron chi connectivity index (χ3n) is 4.85. The van der Waals surface area contributed by atoms with E-state index in [2.05, 4.69) is 50.0 Å². The smallest absolute Gasteiger partial charge is 0.0407 e. The van der Waals surface area contributed by atoms with E-state index in [1.165, 1.54) is 69.5 Å². The molecule has 0 bridgehead atoms. The number of para-hydroxylation sites is 1. The fourth-order valence-electron chi connectivity index (χ4n) is 3.69. The fraction of sp³-hybridized carbons (Fsp3) is 0.647. The number of nitrogens with zero attached hydrogens (tertiary/aromatic N) is 2. The van der Waals surface area contributed by atoms with Crippen molar-refractivity contribution in [3.05, 3.63) is 29.8 Å². The molecule has 2 fully saturated rings. The maximum absolute atomic E-state index is 3.61. The minimum absolute atomic E-state index is 0.836. The first-order chi connectivity index (χ1) is 9.88. The maximum Gasteiger partial charge on any atom is 0.0407 e. The van der Waals surface area contributed by atoms with Gasteiger partial charge < -0.3 is 9.80 Å². The summed E-state index contributed by atoms with van der Waals surface area (Å²) in [6, 6.07) is 9.65. The highest BCUT2D eigenvalue weighted by atomic mass is 79.9. The van der Waals surface area contributed by atoms with Crippen LogP contribution in [0.2, 0.25) is 0 Å². The number of hydrogen-bond acceptors (Lipinski definition) is 2. The van der Waals surface area contributed by atoms with Crippen molar-refractivity contribution in [2.75, 3.05) is 31.1 Å². The molecule has 2 aliphatic rings. The van der Waals surface area contributed by atoms with Crippen LogP contribution in [0.4, 0.5) is 5.69 Å². The fourth-order valence-corrected chi connectivity index (χ4v) is 4.16. The van der Waals surface area contributed by atoms with Crippen LogP contribution in [-0.4, -0.2) is 37.1 Å². The molecule has 0 amide bonds. The van der Waals surface area contributed by atoms with Crippen LogP contribution in [0.3, 0.4) is 0 Å². The first-order valence-corrected chi connectivity index (χ1v) is 9.13. The van der Waals surface area contributed by atoms with E-state index in [4.69, 9.17) is 0 Å². The summed E-state index contributed by atoms with van der Waals surface area (Å²) in [6.07, 6.45) is 6.92. The molecule has 0 atom stereocenters. The van der Waals surface area contributed by atoms with Crippen LogP contribution in [0.1, 0.15) is 37.7 Å². The third kappa shape index (κ3) is 3.20. The molecule has 0 spiro atoms. The van der Waals surface area contributed by atoms with Gasteiger partial charge in [-0.2, -0.15) is 0 Å². The Balaban J connectivity index is 1.60. The molecular formula is C17H25BrN2. The number of hydrogen-bond donors (Lipinski definition) is 0. The van der Waals surface area contributed by atoms with Crippen molar-refractivity contribution >= 4 is 21.6 Å². The quantitative estimate of drug-likeness (QED) is 0.768. The predicted octanol–water partition coefficient (Wildman–Crippen LogP) is 4.04. The summed E-state index contributed by atoms with van der Waals surface area (Å²) in [7, 11) is 0. The first-order valence-electron chi connectivity index (χ1n) is 8.01. The van der Waals surface area contributed by atoms with Gasteiger partial charge in [0.1, 0.15) is 0 Å². The van der Waals surface area contributed by atoms with E-state index >= 15 is 0 Å². The molecule has 0 aliphatic carbocycles. The molecule has 1 aromatic carbocycles. The molecule has 20 heavy (non-hydrogen) atoms. The Kier molecular flexibility index (Phi) is 5.00. The monoisotopic (exact) mass is 336 g/mol. The number of piperidine rings is 2. The average molecular weight is 337 g/mol. The number of anilines is 1. The highest BCUT2D eigenvalue weighted by molar-refractivity contribution is 9.08. The standard InChI is InChI=1S/C17H25BrN2/c18-14-15-6-2-3-7-17(15)20-12-8-16(9-13-20)19-10-4-1-5-11-19/h2-3,6-7,16H,1,4-5,8-14H2. The number of benzene rings is 1. The number of alkyl halides is 1. The summed E-state index contributed by atoms with van der Waals surface area (Å²) < 4.78 is 0. The Morgan fingerprint density at radius 3 is 2.35 bits per heavy atom. The Morgan fingerprint density at radius 2 is 1.65 bits per heavy atom. The van der Waals surface area contributed by atoms with E-state index in [1.807, 2.05) is 0 Å². The molecule has 3 heteroatoms. The van der Waals surface area contributed by atoms with Crippen molar-refractivity contribution in [3.8, 4) is 0 Å². The molecule has 0 radical (unpaired) electrons. The summed E-state index contributed by atoms with van der Waals surface area (Å²) in [5.74, 6) is 0. The zero-order valence-electron chi connectivity index (χ0n) is 12.2. The van der Waals surface area contributed by atoms with Gasteiger partial charge in [-0.3, -0.25) is 0 Å². The van der Waals surface area contributed by atoms with E-state index in [9.17, 15) is 0 Å². The van der Waals surface area contributed by atoms with Crippen molar-refractivity contribution in [2.45, 2.75) is 43.5 Å². The van der Waals surface area contributed by atoms with E-state index in [1.54, 1.807) is 0 Å². The van der Waals surface area contributed by atoms with Gasteiger partial charge in [0.05, 0.1) is 0 Å². The van der Waals surface area contributed by atoms with Crippen molar-refractivity contribution < 1.29 is 0 Å². The van der Waals surface area contributed by atoms with Crippen LogP contribution in [0.15, 0.2) is 24.3 Å². The van der Waals surface area contributed by atoms with Crippen LogP contribution in [0.5, 0.6) is 0 Å². The Bertz CT molecular complexity index is 421. The number of halogens is 1. The SMILES string of the molecule is BrCc1ccccc1N1CCC(N2CCCCC2)CC1. The summed E-state index contributed by atoms with van der Waals surface area (Å²) in [4.78, 5) is 5.33. The largest absolute Gasteiger partial charge is 0.371 e. The molecule has 2 saturated heterocycles. The molecule has 2 nitrogen and oxygen atoms in total. The highest BCUT2D eigenvalue weighted by Crippen LogP contribution is 2.28. The maximum atomic E-state index is 3.61. The molecule has 2 aliphatic heterocycles. The van der Waals surface area contributed by atoms with E-state index in [-0.39, 0.29) is 0 Å². The number of rotatable bonds is 3. The summed E-state index contributed by atoms with van der Waals surface area (Å²) >= 11 is 3.61. The van der Waals surface area contributed by atoms with Gasteiger partial charge >= 0.3 is 0 Å². The van der Waals surface area contributed by atoms with Gasteiger partial charge in [0, 0.05) is 30.1 Å². The van der Waals surface area contributed by atoms with Gasteiger partial charge in [0.2, 0.25) is 0 Å². The molecule has 110 valence electrons. The lowest BCUT2D eigenvalue weighted by Crippen LogP contribution is -2.46. The van der Waals surface area contributed by atoms with Gasteiger partial charge in [-0.1, -0.05) is 40.5 Å². The normalized spacial score (nSPS) is 22.1. The first kappa shape index (κ1) is 14.4. The minimum Gasteiger partial charge on any atom is -0.371 e. The zero-order chi connectivity index (χ0) is 13.8.